The second-order valence-corrected chi connectivity index (χ2v) is 7.49. The molecule has 0 unspecified atom stereocenters. The van der Waals surface area contributed by atoms with E-state index in [4.69, 9.17) is 5.73 Å². The Labute approximate surface area is 177 Å². The standard InChI is InChI=1S/C22H21BrN4O2/c1-14-2-7-17(21(28)26-11-16-5-3-15(10-24)4-6-16)9-20(14)27-22(29)18-8-19(23)13-25-12-18/h2-9,12-13H,10-11,24H2,1H3,(H,26,28)(H,27,29). The van der Waals surface area contributed by atoms with Crippen molar-refractivity contribution in [3.05, 3.63) is 93.2 Å². The quantitative estimate of drug-likeness (QED) is 0.529. The number of anilines is 1. The number of pyridine rings is 1. The third-order valence-corrected chi connectivity index (χ3v) is 4.86. The molecule has 0 atom stereocenters. The Morgan fingerprint density at radius 3 is 2.38 bits per heavy atom. The maximum Gasteiger partial charge on any atom is 0.257 e. The monoisotopic (exact) mass is 452 g/mol. The summed E-state index contributed by atoms with van der Waals surface area (Å²) in [6, 6.07) is 14.7. The summed E-state index contributed by atoms with van der Waals surface area (Å²) < 4.78 is 0.717. The number of nitrogens with zero attached hydrogens (tertiary/aromatic N) is 1. The molecule has 2 amide bonds. The summed E-state index contributed by atoms with van der Waals surface area (Å²) in [6.45, 7) is 2.76. The molecule has 6 nitrogen and oxygen atoms in total. The molecule has 0 bridgehead atoms. The van der Waals surface area contributed by atoms with Crippen molar-refractivity contribution in [1.82, 2.24) is 10.3 Å². The topological polar surface area (TPSA) is 97.1 Å². The number of halogens is 1. The highest BCUT2D eigenvalue weighted by atomic mass is 79.9. The number of nitrogens with one attached hydrogen (secondary N) is 2. The van der Waals surface area contributed by atoms with E-state index in [-0.39, 0.29) is 11.8 Å². The Morgan fingerprint density at radius 1 is 0.966 bits per heavy atom. The molecule has 7 heteroatoms. The van der Waals surface area contributed by atoms with Crippen LogP contribution < -0.4 is 16.4 Å². The van der Waals surface area contributed by atoms with E-state index in [0.717, 1.165) is 21.2 Å². The van der Waals surface area contributed by atoms with E-state index in [0.29, 0.717) is 29.9 Å². The molecule has 4 N–H and O–H groups in total. The number of aromatic nitrogens is 1. The number of carbonyl (C=O) groups excluding carboxylic acids is 2. The molecule has 148 valence electrons. The Kier molecular flexibility index (Phi) is 6.74. The minimum absolute atomic E-state index is 0.215. The number of amides is 2. The molecule has 1 heterocycles. The minimum atomic E-state index is -0.292. The van der Waals surface area contributed by atoms with Gasteiger partial charge in [0, 0.05) is 41.2 Å². The maximum absolute atomic E-state index is 12.5. The highest BCUT2D eigenvalue weighted by Crippen LogP contribution is 2.19. The predicted octanol–water partition coefficient (Wildman–Crippen LogP) is 3.79. The van der Waals surface area contributed by atoms with Crippen LogP contribution in [-0.4, -0.2) is 16.8 Å². The van der Waals surface area contributed by atoms with Gasteiger partial charge in [-0.1, -0.05) is 30.3 Å². The van der Waals surface area contributed by atoms with Gasteiger partial charge in [0.15, 0.2) is 0 Å². The number of rotatable bonds is 6. The molecule has 29 heavy (non-hydrogen) atoms. The molecule has 0 saturated carbocycles. The molecule has 0 radical (unpaired) electrons. The van der Waals surface area contributed by atoms with Gasteiger partial charge in [0.2, 0.25) is 0 Å². The smallest absolute Gasteiger partial charge is 0.257 e. The highest BCUT2D eigenvalue weighted by Gasteiger charge is 2.12. The number of aryl methyl sites for hydroxylation is 1. The van der Waals surface area contributed by atoms with Crippen LogP contribution in [0.5, 0.6) is 0 Å². The van der Waals surface area contributed by atoms with Crippen LogP contribution in [0, 0.1) is 6.92 Å². The Hall–Kier alpha value is -3.03. The molecule has 0 fully saturated rings. The molecule has 0 aliphatic rings. The van der Waals surface area contributed by atoms with Gasteiger partial charge in [0.25, 0.3) is 11.8 Å². The van der Waals surface area contributed by atoms with Crippen LogP contribution >= 0.6 is 15.9 Å². The molecule has 1 aromatic heterocycles. The summed E-state index contributed by atoms with van der Waals surface area (Å²) in [7, 11) is 0. The number of hydrogen-bond donors (Lipinski definition) is 3. The van der Waals surface area contributed by atoms with Gasteiger partial charge in [-0.2, -0.15) is 0 Å². The highest BCUT2D eigenvalue weighted by molar-refractivity contribution is 9.10. The van der Waals surface area contributed by atoms with Crippen molar-refractivity contribution in [2.45, 2.75) is 20.0 Å². The molecule has 0 spiro atoms. The van der Waals surface area contributed by atoms with Crippen molar-refractivity contribution in [1.29, 1.82) is 0 Å². The van der Waals surface area contributed by atoms with E-state index < -0.39 is 0 Å². The third-order valence-electron chi connectivity index (χ3n) is 4.43. The minimum Gasteiger partial charge on any atom is -0.348 e. The zero-order chi connectivity index (χ0) is 20.8. The van der Waals surface area contributed by atoms with E-state index in [2.05, 4.69) is 31.5 Å². The fraction of sp³-hybridized carbons (Fsp3) is 0.136. The summed E-state index contributed by atoms with van der Waals surface area (Å²) in [5, 5.41) is 5.74. The molecular formula is C22H21BrN4O2. The molecule has 0 saturated heterocycles. The van der Waals surface area contributed by atoms with Gasteiger partial charge in [0.05, 0.1) is 5.56 Å². The number of hydrogen-bond acceptors (Lipinski definition) is 4. The van der Waals surface area contributed by atoms with E-state index in [9.17, 15) is 9.59 Å². The van der Waals surface area contributed by atoms with Crippen LogP contribution in [0.3, 0.4) is 0 Å². The Morgan fingerprint density at radius 2 is 1.69 bits per heavy atom. The first-order valence-corrected chi connectivity index (χ1v) is 9.84. The number of nitrogens with two attached hydrogens (primary N) is 1. The SMILES string of the molecule is Cc1ccc(C(=O)NCc2ccc(CN)cc2)cc1NC(=O)c1cncc(Br)c1. The third kappa shape index (κ3) is 5.49. The van der Waals surface area contributed by atoms with Crippen molar-refractivity contribution < 1.29 is 9.59 Å². The zero-order valence-electron chi connectivity index (χ0n) is 15.9. The first kappa shape index (κ1) is 20.7. The summed E-state index contributed by atoms with van der Waals surface area (Å²) in [6.07, 6.45) is 3.10. The molecule has 0 aliphatic carbocycles. The predicted molar refractivity (Wildman–Crippen MR) is 117 cm³/mol. The second kappa shape index (κ2) is 9.45. The van der Waals surface area contributed by atoms with E-state index in [1.54, 1.807) is 30.5 Å². The second-order valence-electron chi connectivity index (χ2n) is 6.58. The maximum atomic E-state index is 12.5. The summed E-state index contributed by atoms with van der Waals surface area (Å²) in [5.41, 5.74) is 9.95. The summed E-state index contributed by atoms with van der Waals surface area (Å²) in [4.78, 5) is 29.0. The first-order chi connectivity index (χ1) is 14.0. The fourth-order valence-corrected chi connectivity index (χ4v) is 3.07. The molecule has 3 aromatic rings. The van der Waals surface area contributed by atoms with Gasteiger partial charge in [-0.05, 0) is 57.7 Å². The van der Waals surface area contributed by atoms with Gasteiger partial charge >= 0.3 is 0 Å². The van der Waals surface area contributed by atoms with Crippen molar-refractivity contribution >= 4 is 33.4 Å². The Bertz CT molecular complexity index is 1040. The molecular weight excluding hydrogens is 432 g/mol. The average molecular weight is 453 g/mol. The fourth-order valence-electron chi connectivity index (χ4n) is 2.71. The van der Waals surface area contributed by atoms with Crippen LogP contribution in [-0.2, 0) is 13.1 Å². The van der Waals surface area contributed by atoms with E-state index >= 15 is 0 Å². The van der Waals surface area contributed by atoms with Gasteiger partial charge < -0.3 is 16.4 Å². The lowest BCUT2D eigenvalue weighted by Gasteiger charge is -2.11. The van der Waals surface area contributed by atoms with Crippen LogP contribution in [0.1, 0.15) is 37.4 Å². The average Bonchev–Trinajstić information content (AvgIpc) is 2.74. The molecule has 0 aliphatic heterocycles. The largest absolute Gasteiger partial charge is 0.348 e. The summed E-state index contributed by atoms with van der Waals surface area (Å²) in [5.74, 6) is -0.507. The first-order valence-electron chi connectivity index (χ1n) is 9.05. The van der Waals surface area contributed by atoms with E-state index in [1.807, 2.05) is 31.2 Å². The van der Waals surface area contributed by atoms with Gasteiger partial charge in [-0.3, -0.25) is 14.6 Å². The van der Waals surface area contributed by atoms with Crippen LogP contribution in [0.15, 0.2) is 65.4 Å². The lowest BCUT2D eigenvalue weighted by Crippen LogP contribution is -2.23. The van der Waals surface area contributed by atoms with Crippen LogP contribution in [0.25, 0.3) is 0 Å². The summed E-state index contributed by atoms with van der Waals surface area (Å²) >= 11 is 3.30. The van der Waals surface area contributed by atoms with Gasteiger partial charge in [-0.15, -0.1) is 0 Å². The van der Waals surface area contributed by atoms with Crippen LogP contribution in [0.2, 0.25) is 0 Å². The van der Waals surface area contributed by atoms with Crippen molar-refractivity contribution in [2.24, 2.45) is 5.73 Å². The van der Waals surface area contributed by atoms with Crippen molar-refractivity contribution in [3.8, 4) is 0 Å². The molecule has 3 rings (SSSR count). The zero-order valence-corrected chi connectivity index (χ0v) is 17.5. The number of carbonyl (C=O) groups is 2. The van der Waals surface area contributed by atoms with Gasteiger partial charge in [0.1, 0.15) is 0 Å². The van der Waals surface area contributed by atoms with E-state index in [1.165, 1.54) is 6.20 Å². The van der Waals surface area contributed by atoms with Crippen molar-refractivity contribution in [2.75, 3.05) is 5.32 Å². The normalized spacial score (nSPS) is 10.4. The lowest BCUT2D eigenvalue weighted by molar-refractivity contribution is 0.0949. The number of benzene rings is 2. The van der Waals surface area contributed by atoms with Crippen molar-refractivity contribution in [3.63, 3.8) is 0 Å². The Balaban J connectivity index is 1.68. The van der Waals surface area contributed by atoms with Gasteiger partial charge in [-0.25, -0.2) is 0 Å². The lowest BCUT2D eigenvalue weighted by atomic mass is 10.1. The van der Waals surface area contributed by atoms with Crippen LogP contribution in [0.4, 0.5) is 5.69 Å². The molecule has 2 aromatic carbocycles.